The zero-order chi connectivity index (χ0) is 25.9. The summed E-state index contributed by atoms with van der Waals surface area (Å²) >= 11 is 5.61. The van der Waals surface area contributed by atoms with Crippen molar-refractivity contribution in [1.82, 2.24) is 5.32 Å². The minimum absolute atomic E-state index is 0.0403. The highest BCUT2D eigenvalue weighted by atomic mass is 35.5. The van der Waals surface area contributed by atoms with Crippen molar-refractivity contribution in [2.45, 2.75) is 37.4 Å². The van der Waals surface area contributed by atoms with Gasteiger partial charge in [-0.1, -0.05) is 11.6 Å². The normalized spacial score (nSPS) is 22.5. The lowest BCUT2D eigenvalue weighted by Crippen LogP contribution is -2.75. The number of halogens is 5. The zero-order valence-corrected chi connectivity index (χ0v) is 19.3. The third kappa shape index (κ3) is 4.45. The minimum Gasteiger partial charge on any atom is -0.484 e. The molecule has 0 saturated heterocycles. The summed E-state index contributed by atoms with van der Waals surface area (Å²) in [5, 5.41) is 2.76. The molecule has 2 aromatic carbocycles. The summed E-state index contributed by atoms with van der Waals surface area (Å²) in [6.45, 7) is -0.323. The van der Waals surface area contributed by atoms with Gasteiger partial charge in [0.15, 0.2) is 23.6 Å². The summed E-state index contributed by atoms with van der Waals surface area (Å²) in [6, 6.07) is 7.35. The average molecular weight is 524 g/mol. The van der Waals surface area contributed by atoms with Crippen molar-refractivity contribution in [1.29, 1.82) is 0 Å². The van der Waals surface area contributed by atoms with Gasteiger partial charge in [0, 0.05) is 24.1 Å². The number of rotatable bonds is 7. The van der Waals surface area contributed by atoms with E-state index >= 15 is 0 Å². The summed E-state index contributed by atoms with van der Waals surface area (Å²) in [6.07, 6.45) is -2.98. The molecular formula is C25H18ClF4NO5. The number of ether oxygens (including phenoxy) is 1. The summed E-state index contributed by atoms with van der Waals surface area (Å²) in [7, 11) is 0. The summed E-state index contributed by atoms with van der Waals surface area (Å²) < 4.78 is 63.1. The van der Waals surface area contributed by atoms with Crippen LogP contribution in [-0.2, 0) is 11.0 Å². The molecule has 1 N–H and O–H groups in total. The standard InChI is InChI=1S/C25H18ClF4NO5/c26-16-4-2-14(6-17(16)27)35-9-22(34)31-24-10-23(11-24,12-24)8-19(33)21-7-18(32)15-3-1-13(25(28,29)30)5-20(15)36-21/h1-7H,8-12H2,(H,31,34). The topological polar surface area (TPSA) is 85.6 Å². The van der Waals surface area contributed by atoms with Crippen molar-refractivity contribution < 1.29 is 36.3 Å². The minimum atomic E-state index is -4.62. The highest BCUT2D eigenvalue weighted by Crippen LogP contribution is 2.69. The van der Waals surface area contributed by atoms with Gasteiger partial charge in [0.2, 0.25) is 0 Å². The SMILES string of the molecule is O=C(COc1ccc(Cl)c(F)c1)NC12CC(CC(=O)c3cc(=O)c4ccc(C(F)(F)F)cc4o3)(C1)C2. The van der Waals surface area contributed by atoms with Gasteiger partial charge >= 0.3 is 6.18 Å². The predicted octanol–water partition coefficient (Wildman–Crippen LogP) is 5.30. The number of hydrogen-bond donors (Lipinski definition) is 1. The van der Waals surface area contributed by atoms with Gasteiger partial charge in [-0.15, -0.1) is 0 Å². The van der Waals surface area contributed by atoms with E-state index in [-0.39, 0.29) is 45.9 Å². The molecule has 3 aliphatic rings. The van der Waals surface area contributed by atoms with Gasteiger partial charge in [0.25, 0.3) is 5.91 Å². The molecule has 11 heteroatoms. The summed E-state index contributed by atoms with van der Waals surface area (Å²) in [5.74, 6) is -1.68. The van der Waals surface area contributed by atoms with Crippen LogP contribution in [0.3, 0.4) is 0 Å². The number of ketones is 1. The maximum absolute atomic E-state index is 13.5. The van der Waals surface area contributed by atoms with Crippen molar-refractivity contribution in [2.24, 2.45) is 5.41 Å². The van der Waals surface area contributed by atoms with Crippen LogP contribution in [0.4, 0.5) is 17.6 Å². The number of Topliss-reactive ketones (excluding diaryl/α,β-unsaturated/α-hetero) is 1. The molecule has 188 valence electrons. The number of amides is 1. The van der Waals surface area contributed by atoms with Crippen molar-refractivity contribution in [3.05, 3.63) is 74.9 Å². The van der Waals surface area contributed by atoms with Crippen LogP contribution in [0.1, 0.15) is 41.8 Å². The quantitative estimate of drug-likeness (QED) is 0.336. The van der Waals surface area contributed by atoms with Crippen LogP contribution in [0, 0.1) is 11.2 Å². The first-order chi connectivity index (χ1) is 16.9. The van der Waals surface area contributed by atoms with E-state index in [9.17, 15) is 31.9 Å². The van der Waals surface area contributed by atoms with Crippen LogP contribution >= 0.6 is 11.6 Å². The number of hydrogen-bond acceptors (Lipinski definition) is 5. The van der Waals surface area contributed by atoms with Gasteiger partial charge in [0.05, 0.1) is 16.0 Å². The van der Waals surface area contributed by atoms with E-state index in [2.05, 4.69) is 5.32 Å². The lowest BCUT2D eigenvalue weighted by molar-refractivity contribution is -0.164. The highest BCUT2D eigenvalue weighted by Gasteiger charge is 2.68. The molecule has 1 aromatic heterocycles. The number of fused-ring (bicyclic) bond motifs is 1. The van der Waals surface area contributed by atoms with E-state index in [1.807, 2.05) is 0 Å². The smallest absolute Gasteiger partial charge is 0.416 e. The van der Waals surface area contributed by atoms with Gasteiger partial charge in [-0.05, 0) is 55.0 Å². The lowest BCUT2D eigenvalue weighted by Gasteiger charge is -2.70. The summed E-state index contributed by atoms with van der Waals surface area (Å²) in [4.78, 5) is 37.4. The fourth-order valence-corrected chi connectivity index (χ4v) is 5.38. The maximum Gasteiger partial charge on any atom is 0.416 e. The first-order valence-electron chi connectivity index (χ1n) is 10.9. The summed E-state index contributed by atoms with van der Waals surface area (Å²) in [5.41, 5.74) is -2.72. The molecule has 6 nitrogen and oxygen atoms in total. The Morgan fingerprint density at radius 3 is 2.47 bits per heavy atom. The molecule has 0 atom stereocenters. The molecule has 36 heavy (non-hydrogen) atoms. The molecule has 0 radical (unpaired) electrons. The van der Waals surface area contributed by atoms with Crippen LogP contribution in [-0.4, -0.2) is 23.8 Å². The average Bonchev–Trinajstić information content (AvgIpc) is 2.76. The molecular weight excluding hydrogens is 506 g/mol. The lowest BCUT2D eigenvalue weighted by atomic mass is 9.38. The Labute approximate surface area is 206 Å². The molecule has 0 spiro atoms. The van der Waals surface area contributed by atoms with E-state index in [0.29, 0.717) is 25.3 Å². The van der Waals surface area contributed by atoms with Crippen molar-refractivity contribution >= 4 is 34.3 Å². The first-order valence-corrected chi connectivity index (χ1v) is 11.3. The van der Waals surface area contributed by atoms with E-state index in [1.54, 1.807) is 0 Å². The highest BCUT2D eigenvalue weighted by molar-refractivity contribution is 6.30. The molecule has 3 aliphatic carbocycles. The Balaban J connectivity index is 1.18. The monoisotopic (exact) mass is 523 g/mol. The van der Waals surface area contributed by atoms with Crippen LogP contribution in [0.2, 0.25) is 5.02 Å². The Kier molecular flexibility index (Phi) is 5.62. The van der Waals surface area contributed by atoms with E-state index < -0.39 is 40.2 Å². The van der Waals surface area contributed by atoms with Crippen LogP contribution in [0.25, 0.3) is 11.0 Å². The molecule has 0 unspecified atom stereocenters. The molecule has 3 saturated carbocycles. The maximum atomic E-state index is 13.5. The fourth-order valence-electron chi connectivity index (χ4n) is 5.26. The Hall–Kier alpha value is -3.40. The second-order valence-electron chi connectivity index (χ2n) is 9.51. The second-order valence-corrected chi connectivity index (χ2v) is 9.91. The van der Waals surface area contributed by atoms with Crippen molar-refractivity contribution in [3.63, 3.8) is 0 Å². The van der Waals surface area contributed by atoms with Gasteiger partial charge < -0.3 is 14.5 Å². The number of carbonyl (C=O) groups is 2. The number of nitrogens with one attached hydrogen (secondary N) is 1. The van der Waals surface area contributed by atoms with Crippen molar-refractivity contribution in [3.8, 4) is 5.75 Å². The van der Waals surface area contributed by atoms with E-state index in [0.717, 1.165) is 24.3 Å². The molecule has 3 aromatic rings. The number of alkyl halides is 3. The second kappa shape index (κ2) is 8.33. The molecule has 6 rings (SSSR count). The third-order valence-corrected chi connectivity index (χ3v) is 6.98. The van der Waals surface area contributed by atoms with Gasteiger partial charge in [0.1, 0.15) is 17.1 Å². The molecule has 2 bridgehead atoms. The van der Waals surface area contributed by atoms with Crippen LogP contribution in [0.15, 0.2) is 51.7 Å². The van der Waals surface area contributed by atoms with Gasteiger partial charge in [-0.2, -0.15) is 13.2 Å². The number of carbonyl (C=O) groups excluding carboxylic acids is 2. The Morgan fingerprint density at radius 1 is 1.08 bits per heavy atom. The van der Waals surface area contributed by atoms with E-state index in [1.165, 1.54) is 12.1 Å². The third-order valence-electron chi connectivity index (χ3n) is 6.67. The Bertz CT molecular complexity index is 1450. The van der Waals surface area contributed by atoms with E-state index in [4.69, 9.17) is 20.8 Å². The molecule has 1 heterocycles. The first kappa shape index (κ1) is 24.3. The van der Waals surface area contributed by atoms with Crippen molar-refractivity contribution in [2.75, 3.05) is 6.61 Å². The molecule has 3 fully saturated rings. The zero-order valence-electron chi connectivity index (χ0n) is 18.5. The van der Waals surface area contributed by atoms with Crippen LogP contribution in [0.5, 0.6) is 5.75 Å². The molecule has 1 amide bonds. The molecule has 0 aliphatic heterocycles. The van der Waals surface area contributed by atoms with Gasteiger partial charge in [-0.3, -0.25) is 14.4 Å². The number of benzene rings is 2. The van der Waals surface area contributed by atoms with Gasteiger partial charge in [-0.25, -0.2) is 4.39 Å². The predicted molar refractivity (Wildman–Crippen MR) is 120 cm³/mol. The Morgan fingerprint density at radius 2 is 1.81 bits per heavy atom. The largest absolute Gasteiger partial charge is 0.484 e. The van der Waals surface area contributed by atoms with Crippen LogP contribution < -0.4 is 15.5 Å². The fraction of sp³-hybridized carbons (Fsp3) is 0.320.